The van der Waals surface area contributed by atoms with Crippen LogP contribution in [0.4, 0.5) is 0 Å². The Morgan fingerprint density at radius 2 is 0.574 bits per heavy atom. The predicted octanol–water partition coefficient (Wildman–Crippen LogP) is 18.9. The van der Waals surface area contributed by atoms with Gasteiger partial charge in [0.2, 0.25) is 0 Å². The van der Waals surface area contributed by atoms with Crippen LogP contribution in [-0.4, -0.2) is 37.2 Å². The number of carbonyl (C=O) groups excluding carboxylic acids is 3. The molecule has 0 radical (unpaired) electrons. The van der Waals surface area contributed by atoms with Crippen molar-refractivity contribution in [3.63, 3.8) is 0 Å². The van der Waals surface area contributed by atoms with Gasteiger partial charge in [-0.3, -0.25) is 14.4 Å². The third-order valence-corrected chi connectivity index (χ3v) is 11.8. The van der Waals surface area contributed by atoms with E-state index in [1.807, 2.05) is 0 Å². The van der Waals surface area contributed by atoms with E-state index in [0.29, 0.717) is 19.3 Å². The van der Waals surface area contributed by atoms with Crippen LogP contribution in [0.3, 0.4) is 0 Å². The Morgan fingerprint density at radius 1 is 0.309 bits per heavy atom. The summed E-state index contributed by atoms with van der Waals surface area (Å²) >= 11 is 0. The molecule has 0 saturated heterocycles. The number of hydrogen-bond donors (Lipinski definition) is 0. The van der Waals surface area contributed by atoms with E-state index in [9.17, 15) is 14.4 Å². The number of hydrogen-bond acceptors (Lipinski definition) is 6. The number of ether oxygens (including phenoxy) is 3. The molecule has 1 unspecified atom stereocenters. The van der Waals surface area contributed by atoms with Crippen LogP contribution in [0.2, 0.25) is 0 Å². The second-order valence-electron chi connectivity index (χ2n) is 18.5. The maximum atomic E-state index is 12.8. The molecule has 0 aromatic heterocycles. The molecule has 0 spiro atoms. The molecule has 6 nitrogen and oxygen atoms in total. The summed E-state index contributed by atoms with van der Waals surface area (Å²) in [7, 11) is 0. The first-order valence-electron chi connectivity index (χ1n) is 28.2. The molecule has 0 amide bonds. The highest BCUT2D eigenvalue weighted by atomic mass is 16.6. The zero-order valence-electron chi connectivity index (χ0n) is 44.3. The van der Waals surface area contributed by atoms with Crippen molar-refractivity contribution >= 4 is 17.9 Å². The van der Waals surface area contributed by atoms with Crippen molar-refractivity contribution in [1.29, 1.82) is 0 Å². The minimum atomic E-state index is -0.795. The quantitative estimate of drug-likeness (QED) is 0.0262. The zero-order valence-corrected chi connectivity index (χ0v) is 44.3. The zero-order chi connectivity index (χ0) is 49.3. The fourth-order valence-electron chi connectivity index (χ4n) is 7.59. The number of esters is 3. The smallest absolute Gasteiger partial charge is 0.306 e. The number of rotatable bonds is 50. The Morgan fingerprint density at radius 3 is 0.912 bits per heavy atom. The largest absolute Gasteiger partial charge is 0.462 e. The van der Waals surface area contributed by atoms with Crippen molar-refractivity contribution in [2.24, 2.45) is 0 Å². The summed E-state index contributed by atoms with van der Waals surface area (Å²) in [6.07, 6.45) is 73.9. The SMILES string of the molecule is CC/C=C\C/C=C\C/C=C\C/C=C\C/C=C\C/C=C\CCCCCCC(=O)OCC(COC(=O)CCCCCCCCCCCCC)OC(=O)CCCCCCC/C=C\C/C=C\CCCCCC. The minimum Gasteiger partial charge on any atom is -0.462 e. The summed E-state index contributed by atoms with van der Waals surface area (Å²) < 4.78 is 16.8. The summed E-state index contributed by atoms with van der Waals surface area (Å²) in [4.78, 5) is 38.1. The molecule has 1 atom stereocenters. The molecule has 388 valence electrons. The molecule has 0 heterocycles. The first kappa shape index (κ1) is 64.3. The molecule has 0 aliphatic heterocycles. The van der Waals surface area contributed by atoms with Crippen molar-refractivity contribution < 1.29 is 28.6 Å². The number of carbonyl (C=O) groups is 3. The van der Waals surface area contributed by atoms with Crippen molar-refractivity contribution in [3.8, 4) is 0 Å². The normalized spacial score (nSPS) is 12.8. The second kappa shape index (κ2) is 55.9. The van der Waals surface area contributed by atoms with Gasteiger partial charge in [0.05, 0.1) is 0 Å². The Balaban J connectivity index is 4.41. The maximum absolute atomic E-state index is 12.8. The van der Waals surface area contributed by atoms with Crippen LogP contribution in [0.25, 0.3) is 0 Å². The molecule has 0 rings (SSSR count). The van der Waals surface area contributed by atoms with Gasteiger partial charge in [0.15, 0.2) is 6.10 Å². The van der Waals surface area contributed by atoms with Gasteiger partial charge in [0, 0.05) is 19.3 Å². The van der Waals surface area contributed by atoms with Gasteiger partial charge in [-0.2, -0.15) is 0 Å². The van der Waals surface area contributed by atoms with E-state index in [2.05, 4.69) is 118 Å². The number of unbranched alkanes of at least 4 members (excludes halogenated alkanes) is 23. The van der Waals surface area contributed by atoms with Gasteiger partial charge in [0.25, 0.3) is 0 Å². The molecular weight excluding hydrogens is 841 g/mol. The third kappa shape index (κ3) is 53.3. The molecule has 0 N–H and O–H groups in total. The van der Waals surface area contributed by atoms with Gasteiger partial charge in [-0.15, -0.1) is 0 Å². The average Bonchev–Trinajstić information content (AvgIpc) is 3.34. The lowest BCUT2D eigenvalue weighted by atomic mass is 10.1. The minimum absolute atomic E-state index is 0.0905. The molecule has 0 aromatic rings. The third-order valence-electron chi connectivity index (χ3n) is 11.8. The van der Waals surface area contributed by atoms with E-state index in [4.69, 9.17) is 14.2 Å². The highest BCUT2D eigenvalue weighted by molar-refractivity contribution is 5.71. The molecule has 6 heteroatoms. The lowest BCUT2D eigenvalue weighted by Gasteiger charge is -2.18. The predicted molar refractivity (Wildman–Crippen MR) is 293 cm³/mol. The summed E-state index contributed by atoms with van der Waals surface area (Å²) in [5.74, 6) is -0.929. The van der Waals surface area contributed by atoms with E-state index in [0.717, 1.165) is 135 Å². The van der Waals surface area contributed by atoms with Crippen LogP contribution in [0, 0.1) is 0 Å². The van der Waals surface area contributed by atoms with Crippen molar-refractivity contribution in [1.82, 2.24) is 0 Å². The summed E-state index contributed by atoms with van der Waals surface area (Å²) in [5.41, 5.74) is 0. The van der Waals surface area contributed by atoms with Crippen molar-refractivity contribution in [2.45, 2.75) is 264 Å². The van der Waals surface area contributed by atoms with Gasteiger partial charge in [-0.25, -0.2) is 0 Å². The van der Waals surface area contributed by atoms with E-state index < -0.39 is 6.10 Å². The summed E-state index contributed by atoms with van der Waals surface area (Å²) in [6.45, 7) is 6.47. The van der Waals surface area contributed by atoms with Crippen LogP contribution < -0.4 is 0 Å². The molecule has 68 heavy (non-hydrogen) atoms. The summed E-state index contributed by atoms with van der Waals surface area (Å²) in [6, 6.07) is 0. The van der Waals surface area contributed by atoms with E-state index in [-0.39, 0.29) is 31.1 Å². The first-order valence-corrected chi connectivity index (χ1v) is 28.2. The fourth-order valence-corrected chi connectivity index (χ4v) is 7.59. The van der Waals surface area contributed by atoms with Crippen LogP contribution in [0.5, 0.6) is 0 Å². The van der Waals surface area contributed by atoms with Gasteiger partial charge in [-0.1, -0.05) is 234 Å². The average molecular weight is 946 g/mol. The topological polar surface area (TPSA) is 78.9 Å². The lowest BCUT2D eigenvalue weighted by molar-refractivity contribution is -0.167. The Kier molecular flexibility index (Phi) is 52.9. The van der Waals surface area contributed by atoms with Crippen molar-refractivity contribution in [2.75, 3.05) is 13.2 Å². The second-order valence-corrected chi connectivity index (χ2v) is 18.5. The molecule has 0 bridgehead atoms. The molecule has 0 aromatic carbocycles. The van der Waals surface area contributed by atoms with E-state index >= 15 is 0 Å². The van der Waals surface area contributed by atoms with Crippen LogP contribution in [0.1, 0.15) is 258 Å². The fraction of sp³-hybridized carbons (Fsp3) is 0.694. The highest BCUT2D eigenvalue weighted by Gasteiger charge is 2.19. The van der Waals surface area contributed by atoms with Gasteiger partial charge in [-0.05, 0) is 103 Å². The Labute approximate surface area is 419 Å². The lowest BCUT2D eigenvalue weighted by Crippen LogP contribution is -2.30. The highest BCUT2D eigenvalue weighted by Crippen LogP contribution is 2.14. The van der Waals surface area contributed by atoms with Crippen LogP contribution >= 0.6 is 0 Å². The number of allylic oxidation sites excluding steroid dienone is 16. The van der Waals surface area contributed by atoms with Crippen LogP contribution in [0.15, 0.2) is 97.2 Å². The summed E-state index contributed by atoms with van der Waals surface area (Å²) in [5, 5.41) is 0. The molecule has 0 aliphatic carbocycles. The van der Waals surface area contributed by atoms with Crippen LogP contribution in [-0.2, 0) is 28.6 Å². The van der Waals surface area contributed by atoms with E-state index in [1.54, 1.807) is 0 Å². The molecule has 0 saturated carbocycles. The molecule has 0 fully saturated rings. The van der Waals surface area contributed by atoms with E-state index in [1.165, 1.54) is 83.5 Å². The monoisotopic (exact) mass is 945 g/mol. The van der Waals surface area contributed by atoms with Crippen molar-refractivity contribution in [3.05, 3.63) is 97.2 Å². The van der Waals surface area contributed by atoms with Gasteiger partial charge < -0.3 is 14.2 Å². The molecular formula is C62H104O6. The van der Waals surface area contributed by atoms with Gasteiger partial charge >= 0.3 is 17.9 Å². The van der Waals surface area contributed by atoms with Gasteiger partial charge in [0.1, 0.15) is 13.2 Å². The molecule has 0 aliphatic rings. The maximum Gasteiger partial charge on any atom is 0.306 e. The Hall–Kier alpha value is -3.67. The Bertz CT molecular complexity index is 1360. The first-order chi connectivity index (χ1) is 33.5. The standard InChI is InChI=1S/C62H104O6/c1-4-7-10-13-16-19-22-24-26-28-29-30-31-32-33-34-36-37-40-43-46-49-52-55-61(64)67-58-59(57-66-60(63)54-51-48-45-42-39-21-18-15-12-9-6-3)68-62(65)56-53-50-47-44-41-38-35-27-25-23-20-17-14-11-8-5-2/h7,10,16,19-20,23-24,26-27,29-30,32-33,35-37,59H,4-6,8-9,11-15,17-18,21-22,25,28,31,34,38-58H2,1-3H3/b10-7-,19-16-,23-20-,26-24-,30-29-,33-32-,35-27-,37-36-.